The summed E-state index contributed by atoms with van der Waals surface area (Å²) in [5.74, 6) is -0.913. The minimum atomic E-state index is -0.546. The number of carbonyl (C=O) groups is 1. The molecule has 0 bridgehead atoms. The zero-order chi connectivity index (χ0) is 10.6. The van der Waals surface area contributed by atoms with Gasteiger partial charge >= 0.3 is 0 Å². The molecule has 1 aromatic rings. The molecule has 0 unspecified atom stereocenters. The van der Waals surface area contributed by atoms with Gasteiger partial charge in [-0.05, 0) is 31.2 Å². The van der Waals surface area contributed by atoms with Crippen molar-refractivity contribution < 1.29 is 9.18 Å². The van der Waals surface area contributed by atoms with Crippen molar-refractivity contribution in [3.8, 4) is 0 Å². The van der Waals surface area contributed by atoms with E-state index in [-0.39, 0.29) is 11.6 Å². The van der Waals surface area contributed by atoms with Gasteiger partial charge in [0.25, 0.3) is 0 Å². The number of anilines is 1. The van der Waals surface area contributed by atoms with Gasteiger partial charge in [-0.25, -0.2) is 4.39 Å². The van der Waals surface area contributed by atoms with Crippen LogP contribution in [0, 0.1) is 5.82 Å². The zero-order valence-electron chi connectivity index (χ0n) is 7.55. The minimum absolute atomic E-state index is 0.123. The van der Waals surface area contributed by atoms with Crippen LogP contribution in [0.15, 0.2) is 30.4 Å². The lowest BCUT2D eigenvalue weighted by Gasteiger charge is -2.03. The van der Waals surface area contributed by atoms with Crippen molar-refractivity contribution >= 4 is 23.2 Å². The summed E-state index contributed by atoms with van der Waals surface area (Å²) < 4.78 is 13.1. The standard InChI is InChI=1S/C10H9ClFNO/c1-2-3-10(14)13-9-5-4-7(11)6-8(9)12/h2-6H,1H3,(H,13,14). The molecule has 0 aliphatic heterocycles. The van der Waals surface area contributed by atoms with E-state index in [0.717, 1.165) is 6.07 Å². The van der Waals surface area contributed by atoms with Crippen molar-refractivity contribution in [3.63, 3.8) is 0 Å². The number of allylic oxidation sites excluding steroid dienone is 1. The normalized spacial score (nSPS) is 10.5. The van der Waals surface area contributed by atoms with Crippen LogP contribution in [0.5, 0.6) is 0 Å². The summed E-state index contributed by atoms with van der Waals surface area (Å²) in [6.45, 7) is 1.71. The second-order valence-electron chi connectivity index (χ2n) is 2.61. The van der Waals surface area contributed by atoms with Gasteiger partial charge in [0.15, 0.2) is 0 Å². The molecule has 0 radical (unpaired) electrons. The first-order valence-corrected chi connectivity index (χ1v) is 4.40. The first-order chi connectivity index (χ1) is 6.63. The first kappa shape index (κ1) is 10.7. The number of halogens is 2. The van der Waals surface area contributed by atoms with Crippen molar-refractivity contribution in [2.24, 2.45) is 0 Å². The van der Waals surface area contributed by atoms with E-state index < -0.39 is 5.82 Å². The van der Waals surface area contributed by atoms with Crippen molar-refractivity contribution in [2.75, 3.05) is 5.32 Å². The number of amides is 1. The number of nitrogens with one attached hydrogen (secondary N) is 1. The van der Waals surface area contributed by atoms with Gasteiger partial charge in [0.1, 0.15) is 5.82 Å². The predicted molar refractivity (Wildman–Crippen MR) is 54.9 cm³/mol. The molecule has 0 saturated carbocycles. The molecule has 0 saturated heterocycles. The number of hydrogen-bond acceptors (Lipinski definition) is 1. The maximum Gasteiger partial charge on any atom is 0.248 e. The van der Waals surface area contributed by atoms with Crippen molar-refractivity contribution in [3.05, 3.63) is 41.2 Å². The molecular weight excluding hydrogens is 205 g/mol. The molecular formula is C10H9ClFNO. The van der Waals surface area contributed by atoms with E-state index in [4.69, 9.17) is 11.6 Å². The fraction of sp³-hybridized carbons (Fsp3) is 0.100. The number of rotatable bonds is 2. The third-order valence-corrected chi connectivity index (χ3v) is 1.74. The Morgan fingerprint density at radius 1 is 1.57 bits per heavy atom. The second-order valence-corrected chi connectivity index (χ2v) is 3.05. The SMILES string of the molecule is CC=CC(=O)Nc1ccc(Cl)cc1F. The fourth-order valence-corrected chi connectivity index (χ4v) is 1.08. The van der Waals surface area contributed by atoms with Gasteiger partial charge in [-0.1, -0.05) is 17.7 Å². The lowest BCUT2D eigenvalue weighted by molar-refractivity contribution is -0.111. The van der Waals surface area contributed by atoms with Gasteiger partial charge in [-0.15, -0.1) is 0 Å². The van der Waals surface area contributed by atoms with E-state index in [9.17, 15) is 9.18 Å². The van der Waals surface area contributed by atoms with Crippen LogP contribution < -0.4 is 5.32 Å². The molecule has 1 rings (SSSR count). The van der Waals surface area contributed by atoms with Gasteiger partial charge < -0.3 is 5.32 Å². The van der Waals surface area contributed by atoms with Gasteiger partial charge in [0, 0.05) is 5.02 Å². The Morgan fingerprint density at radius 2 is 2.29 bits per heavy atom. The van der Waals surface area contributed by atoms with Crippen molar-refractivity contribution in [1.29, 1.82) is 0 Å². The summed E-state index contributed by atoms with van der Waals surface area (Å²) in [6, 6.07) is 4.07. The topological polar surface area (TPSA) is 29.1 Å². The average Bonchev–Trinajstić information content (AvgIpc) is 2.10. The van der Waals surface area contributed by atoms with Gasteiger partial charge in [0.2, 0.25) is 5.91 Å². The quantitative estimate of drug-likeness (QED) is 0.752. The summed E-state index contributed by atoms with van der Waals surface area (Å²) in [7, 11) is 0. The monoisotopic (exact) mass is 213 g/mol. The van der Waals surface area contributed by atoms with Crippen LogP contribution >= 0.6 is 11.6 Å². The van der Waals surface area contributed by atoms with Crippen LogP contribution in [0.2, 0.25) is 5.02 Å². The number of benzene rings is 1. The van der Waals surface area contributed by atoms with Gasteiger partial charge in [-0.2, -0.15) is 0 Å². The highest BCUT2D eigenvalue weighted by atomic mass is 35.5. The van der Waals surface area contributed by atoms with Crippen molar-refractivity contribution in [2.45, 2.75) is 6.92 Å². The number of carbonyl (C=O) groups excluding carboxylic acids is 1. The predicted octanol–water partition coefficient (Wildman–Crippen LogP) is 2.99. The van der Waals surface area contributed by atoms with E-state index in [1.165, 1.54) is 18.2 Å². The molecule has 2 nitrogen and oxygen atoms in total. The second kappa shape index (κ2) is 4.77. The molecule has 1 aromatic carbocycles. The molecule has 0 aliphatic carbocycles. The van der Waals surface area contributed by atoms with Gasteiger partial charge in [0.05, 0.1) is 5.69 Å². The maximum absolute atomic E-state index is 13.1. The largest absolute Gasteiger partial charge is 0.320 e. The Kier molecular flexibility index (Phi) is 3.65. The molecule has 0 fully saturated rings. The molecule has 0 aliphatic rings. The Morgan fingerprint density at radius 3 is 2.86 bits per heavy atom. The smallest absolute Gasteiger partial charge is 0.248 e. The molecule has 14 heavy (non-hydrogen) atoms. The molecule has 1 N–H and O–H groups in total. The molecule has 4 heteroatoms. The fourth-order valence-electron chi connectivity index (χ4n) is 0.917. The molecule has 0 heterocycles. The minimum Gasteiger partial charge on any atom is -0.320 e. The molecule has 0 aromatic heterocycles. The van der Waals surface area contributed by atoms with Crippen LogP contribution in [0.3, 0.4) is 0 Å². The molecule has 0 atom stereocenters. The highest BCUT2D eigenvalue weighted by Gasteiger charge is 2.04. The summed E-state index contributed by atoms with van der Waals surface area (Å²) >= 11 is 5.55. The summed E-state index contributed by atoms with van der Waals surface area (Å²) in [4.78, 5) is 11.1. The van der Waals surface area contributed by atoms with E-state index in [2.05, 4.69) is 5.32 Å². The Labute approximate surface area is 86.4 Å². The van der Waals surface area contributed by atoms with Gasteiger partial charge in [-0.3, -0.25) is 4.79 Å². The number of hydrogen-bond donors (Lipinski definition) is 1. The Bertz CT molecular complexity index is 376. The lowest BCUT2D eigenvalue weighted by Crippen LogP contribution is -2.08. The maximum atomic E-state index is 13.1. The Hall–Kier alpha value is -1.35. The third kappa shape index (κ3) is 2.85. The average molecular weight is 214 g/mol. The highest BCUT2D eigenvalue weighted by molar-refractivity contribution is 6.30. The zero-order valence-corrected chi connectivity index (χ0v) is 8.31. The molecule has 1 amide bonds. The van der Waals surface area contributed by atoms with Crippen LogP contribution in [0.1, 0.15) is 6.92 Å². The summed E-state index contributed by atoms with van der Waals surface area (Å²) in [6.07, 6.45) is 2.89. The van der Waals surface area contributed by atoms with E-state index in [0.29, 0.717) is 5.02 Å². The Balaban J connectivity index is 2.82. The van der Waals surface area contributed by atoms with E-state index in [1.807, 2.05) is 0 Å². The van der Waals surface area contributed by atoms with Crippen LogP contribution in [-0.4, -0.2) is 5.91 Å². The van der Waals surface area contributed by atoms with Crippen LogP contribution in [-0.2, 0) is 4.79 Å². The molecule has 0 spiro atoms. The van der Waals surface area contributed by atoms with Crippen LogP contribution in [0.25, 0.3) is 0 Å². The van der Waals surface area contributed by atoms with Crippen LogP contribution in [0.4, 0.5) is 10.1 Å². The van der Waals surface area contributed by atoms with E-state index >= 15 is 0 Å². The molecule has 74 valence electrons. The third-order valence-electron chi connectivity index (χ3n) is 1.51. The highest BCUT2D eigenvalue weighted by Crippen LogP contribution is 2.18. The lowest BCUT2D eigenvalue weighted by atomic mass is 10.3. The first-order valence-electron chi connectivity index (χ1n) is 4.02. The summed E-state index contributed by atoms with van der Waals surface area (Å²) in [5, 5.41) is 2.68. The summed E-state index contributed by atoms with van der Waals surface area (Å²) in [5.41, 5.74) is 0.123. The van der Waals surface area contributed by atoms with E-state index in [1.54, 1.807) is 13.0 Å². The van der Waals surface area contributed by atoms with Crippen molar-refractivity contribution in [1.82, 2.24) is 0 Å².